The summed E-state index contributed by atoms with van der Waals surface area (Å²) in [6, 6.07) is 2.19. The number of benzene rings is 1. The van der Waals surface area contributed by atoms with Gasteiger partial charge in [-0.15, -0.1) is 0 Å². The maximum absolute atomic E-state index is 14.6. The highest BCUT2D eigenvalue weighted by Crippen LogP contribution is 2.42. The zero-order chi connectivity index (χ0) is 21.9. The number of carbonyl (C=O) groups is 1. The SMILES string of the molecule is CCC(=O)c1ccc(OCC2CCC(C3CCC(C)CC3)CC2)c(F)c1C(F)(F)F. The summed E-state index contributed by atoms with van der Waals surface area (Å²) in [7, 11) is 0. The second kappa shape index (κ2) is 9.69. The first-order chi connectivity index (χ1) is 14.2. The molecule has 2 fully saturated rings. The van der Waals surface area contributed by atoms with Crippen LogP contribution in [-0.4, -0.2) is 12.4 Å². The number of rotatable bonds is 6. The third-order valence-corrected chi connectivity index (χ3v) is 7.10. The van der Waals surface area contributed by atoms with Crippen LogP contribution in [0, 0.1) is 29.5 Å². The van der Waals surface area contributed by atoms with Crippen LogP contribution in [-0.2, 0) is 6.18 Å². The summed E-state index contributed by atoms with van der Waals surface area (Å²) in [4.78, 5) is 11.8. The van der Waals surface area contributed by atoms with Gasteiger partial charge in [-0.3, -0.25) is 4.79 Å². The van der Waals surface area contributed by atoms with E-state index in [0.29, 0.717) is 0 Å². The quantitative estimate of drug-likeness (QED) is 0.347. The van der Waals surface area contributed by atoms with Crippen LogP contribution in [0.4, 0.5) is 17.6 Å². The summed E-state index contributed by atoms with van der Waals surface area (Å²) in [6.45, 7) is 3.98. The van der Waals surface area contributed by atoms with Gasteiger partial charge < -0.3 is 4.74 Å². The first kappa shape index (κ1) is 23.1. The molecule has 0 unspecified atom stereocenters. The standard InChI is InChI=1S/C24H32F4O2/c1-3-20(29)19-12-13-21(23(25)22(19)24(26,27)28)30-14-16-6-10-18(11-7-16)17-8-4-15(2)5-9-17/h12-13,15-18H,3-11,14H2,1-2H3. The molecule has 1 aromatic rings. The van der Waals surface area contributed by atoms with Crippen molar-refractivity contribution in [1.82, 2.24) is 0 Å². The van der Waals surface area contributed by atoms with E-state index < -0.39 is 34.7 Å². The molecule has 2 saturated carbocycles. The third-order valence-electron chi connectivity index (χ3n) is 7.10. The molecule has 0 atom stereocenters. The Labute approximate surface area is 176 Å². The molecule has 168 valence electrons. The largest absolute Gasteiger partial charge is 0.490 e. The fraction of sp³-hybridized carbons (Fsp3) is 0.708. The van der Waals surface area contributed by atoms with Crippen molar-refractivity contribution >= 4 is 5.78 Å². The molecular weight excluding hydrogens is 396 g/mol. The Morgan fingerprint density at radius 1 is 1.00 bits per heavy atom. The first-order valence-electron chi connectivity index (χ1n) is 11.3. The van der Waals surface area contributed by atoms with E-state index in [1.807, 2.05) is 0 Å². The highest BCUT2D eigenvalue weighted by atomic mass is 19.4. The average molecular weight is 429 g/mol. The molecular formula is C24H32F4O2. The van der Waals surface area contributed by atoms with E-state index in [9.17, 15) is 22.4 Å². The molecule has 3 rings (SSSR count). The number of Topliss-reactive ketones (excluding diaryl/α,β-unsaturated/α-hetero) is 1. The van der Waals surface area contributed by atoms with Crippen molar-refractivity contribution in [2.24, 2.45) is 23.7 Å². The molecule has 0 aromatic heterocycles. The molecule has 0 saturated heterocycles. The van der Waals surface area contributed by atoms with Crippen LogP contribution in [0.1, 0.15) is 87.6 Å². The number of ether oxygens (including phenoxy) is 1. The van der Waals surface area contributed by atoms with Crippen LogP contribution in [0.2, 0.25) is 0 Å². The summed E-state index contributed by atoms with van der Waals surface area (Å²) in [5.74, 6) is -0.0236. The van der Waals surface area contributed by atoms with Crippen molar-refractivity contribution in [3.8, 4) is 5.75 Å². The number of ketones is 1. The Kier molecular flexibility index (Phi) is 7.46. The monoisotopic (exact) mass is 428 g/mol. The van der Waals surface area contributed by atoms with E-state index in [2.05, 4.69) is 6.92 Å². The molecule has 0 radical (unpaired) electrons. The lowest BCUT2D eigenvalue weighted by molar-refractivity contribution is -0.140. The van der Waals surface area contributed by atoms with Crippen molar-refractivity contribution in [2.45, 2.75) is 77.8 Å². The Morgan fingerprint density at radius 3 is 2.10 bits per heavy atom. The van der Waals surface area contributed by atoms with Crippen LogP contribution >= 0.6 is 0 Å². The van der Waals surface area contributed by atoms with Crippen LogP contribution in [0.25, 0.3) is 0 Å². The van der Waals surface area contributed by atoms with Crippen LogP contribution in [0.15, 0.2) is 12.1 Å². The molecule has 0 heterocycles. The van der Waals surface area contributed by atoms with Crippen molar-refractivity contribution in [3.05, 3.63) is 29.1 Å². The highest BCUT2D eigenvalue weighted by molar-refractivity contribution is 5.97. The highest BCUT2D eigenvalue weighted by Gasteiger charge is 2.40. The van der Waals surface area contributed by atoms with Crippen molar-refractivity contribution in [1.29, 1.82) is 0 Å². The van der Waals surface area contributed by atoms with Crippen LogP contribution in [0.3, 0.4) is 0 Å². The van der Waals surface area contributed by atoms with E-state index in [1.165, 1.54) is 32.6 Å². The summed E-state index contributed by atoms with van der Waals surface area (Å²) in [5, 5.41) is 0. The van der Waals surface area contributed by atoms with E-state index in [0.717, 1.165) is 55.6 Å². The Morgan fingerprint density at radius 2 is 1.57 bits per heavy atom. The topological polar surface area (TPSA) is 26.3 Å². The number of hydrogen-bond donors (Lipinski definition) is 0. The van der Waals surface area contributed by atoms with Crippen LogP contribution in [0.5, 0.6) is 5.75 Å². The molecule has 0 bridgehead atoms. The Bertz CT molecular complexity index is 727. The minimum Gasteiger partial charge on any atom is -0.490 e. The molecule has 2 aliphatic rings. The normalized spacial score (nSPS) is 27.7. The number of carbonyl (C=O) groups excluding carboxylic acids is 1. The maximum Gasteiger partial charge on any atom is 0.420 e. The average Bonchev–Trinajstić information content (AvgIpc) is 2.72. The number of hydrogen-bond acceptors (Lipinski definition) is 2. The molecule has 0 amide bonds. The van der Waals surface area contributed by atoms with Gasteiger partial charge in [-0.25, -0.2) is 4.39 Å². The van der Waals surface area contributed by atoms with Crippen molar-refractivity contribution < 1.29 is 27.1 Å². The van der Waals surface area contributed by atoms with Gasteiger partial charge in [0.05, 0.1) is 6.61 Å². The second-order valence-electron chi connectivity index (χ2n) is 9.19. The lowest BCUT2D eigenvalue weighted by Gasteiger charge is -2.37. The minimum absolute atomic E-state index is 0.119. The lowest BCUT2D eigenvalue weighted by atomic mass is 9.69. The van der Waals surface area contributed by atoms with Crippen molar-refractivity contribution in [3.63, 3.8) is 0 Å². The van der Waals surface area contributed by atoms with Gasteiger partial charge in [0.15, 0.2) is 17.3 Å². The number of alkyl halides is 3. The second-order valence-corrected chi connectivity index (χ2v) is 9.19. The Balaban J connectivity index is 1.59. The van der Waals surface area contributed by atoms with E-state index in [-0.39, 0.29) is 18.9 Å². The zero-order valence-electron chi connectivity index (χ0n) is 17.9. The summed E-state index contributed by atoms with van der Waals surface area (Å²) < 4.78 is 60.2. The smallest absolute Gasteiger partial charge is 0.420 e. The molecule has 1 aromatic carbocycles. The van der Waals surface area contributed by atoms with Gasteiger partial charge >= 0.3 is 6.18 Å². The maximum atomic E-state index is 14.6. The fourth-order valence-corrected chi connectivity index (χ4v) is 5.16. The van der Waals surface area contributed by atoms with Crippen molar-refractivity contribution in [2.75, 3.05) is 6.61 Å². The summed E-state index contributed by atoms with van der Waals surface area (Å²) in [5.41, 5.74) is -2.14. The Hall–Kier alpha value is -1.59. The summed E-state index contributed by atoms with van der Waals surface area (Å²) >= 11 is 0. The minimum atomic E-state index is -4.95. The van der Waals surface area contributed by atoms with E-state index in [4.69, 9.17) is 4.74 Å². The van der Waals surface area contributed by atoms with E-state index in [1.54, 1.807) is 0 Å². The van der Waals surface area contributed by atoms with Gasteiger partial charge in [-0.05, 0) is 74.3 Å². The van der Waals surface area contributed by atoms with E-state index >= 15 is 0 Å². The first-order valence-corrected chi connectivity index (χ1v) is 11.3. The van der Waals surface area contributed by atoms with Gasteiger partial charge in [-0.2, -0.15) is 13.2 Å². The van der Waals surface area contributed by atoms with Crippen LogP contribution < -0.4 is 4.74 Å². The predicted octanol–water partition coefficient (Wildman–Crippen LogP) is 7.45. The van der Waals surface area contributed by atoms with Gasteiger partial charge in [0.2, 0.25) is 0 Å². The molecule has 30 heavy (non-hydrogen) atoms. The van der Waals surface area contributed by atoms with Gasteiger partial charge in [0.1, 0.15) is 5.56 Å². The van der Waals surface area contributed by atoms with Gasteiger partial charge in [0.25, 0.3) is 0 Å². The number of halogens is 4. The molecule has 6 heteroatoms. The predicted molar refractivity (Wildman–Crippen MR) is 108 cm³/mol. The molecule has 0 N–H and O–H groups in total. The lowest BCUT2D eigenvalue weighted by Crippen LogP contribution is -2.27. The molecule has 0 spiro atoms. The van der Waals surface area contributed by atoms with Gasteiger partial charge in [-0.1, -0.05) is 26.7 Å². The molecule has 0 aliphatic heterocycles. The van der Waals surface area contributed by atoms with Gasteiger partial charge in [0, 0.05) is 12.0 Å². The zero-order valence-corrected chi connectivity index (χ0v) is 17.9. The fourth-order valence-electron chi connectivity index (χ4n) is 5.16. The molecule has 2 nitrogen and oxygen atoms in total. The summed E-state index contributed by atoms with van der Waals surface area (Å²) in [6.07, 6.45) is 4.35. The molecule has 2 aliphatic carbocycles. The third kappa shape index (κ3) is 5.36.